The van der Waals surface area contributed by atoms with E-state index in [0.29, 0.717) is 66.0 Å². The van der Waals surface area contributed by atoms with Crippen LogP contribution in [0.25, 0.3) is 0 Å². The van der Waals surface area contributed by atoms with Crippen molar-refractivity contribution in [1.29, 1.82) is 0 Å². The molecule has 0 bridgehead atoms. The normalized spacial score (nSPS) is 10.7. The molecule has 0 aliphatic rings. The molecular weight excluding hydrogens is 354 g/mol. The van der Waals surface area contributed by atoms with Crippen molar-refractivity contribution in [1.82, 2.24) is 5.32 Å². The molecule has 1 aromatic rings. The topological polar surface area (TPSA) is 84.5 Å². The second-order valence-electron chi connectivity index (χ2n) is 5.43. The van der Waals surface area contributed by atoms with Gasteiger partial charge in [0.2, 0.25) is 0 Å². The zero-order valence-electron chi connectivity index (χ0n) is 16.0. The van der Waals surface area contributed by atoms with Crippen LogP contribution in [0.4, 0.5) is 4.79 Å². The summed E-state index contributed by atoms with van der Waals surface area (Å²) >= 11 is 0. The van der Waals surface area contributed by atoms with Gasteiger partial charge in [-0.3, -0.25) is 0 Å². The number of ether oxygens (including phenoxy) is 6. The Hall–Kier alpha value is -1.71. The molecule has 0 aromatic heterocycles. The fourth-order valence-electron chi connectivity index (χ4n) is 1.90. The van der Waals surface area contributed by atoms with Gasteiger partial charge in [-0.1, -0.05) is 30.3 Å². The molecule has 8 nitrogen and oxygen atoms in total. The van der Waals surface area contributed by atoms with Crippen LogP contribution >= 0.6 is 0 Å². The minimum Gasteiger partial charge on any atom is -0.445 e. The number of alkyl carbamates (subject to hydrolysis) is 1. The average Bonchev–Trinajstić information content (AvgIpc) is 2.70. The zero-order valence-corrected chi connectivity index (χ0v) is 16.0. The van der Waals surface area contributed by atoms with Crippen LogP contribution in [0.1, 0.15) is 5.56 Å². The Morgan fingerprint density at radius 2 is 1.30 bits per heavy atom. The lowest BCUT2D eigenvalue weighted by Crippen LogP contribution is -2.28. The Balaban J connectivity index is 1.77. The standard InChI is InChI=1S/C19H31NO7/c1-22-9-10-24-13-14-26-16-15-25-12-11-23-8-7-20-19(21)27-17-18-5-3-2-4-6-18/h2-6H,7-17H2,1H3,(H,20,21). The smallest absolute Gasteiger partial charge is 0.407 e. The molecule has 0 aliphatic heterocycles. The lowest BCUT2D eigenvalue weighted by molar-refractivity contribution is -0.00750. The first-order valence-electron chi connectivity index (χ1n) is 9.07. The van der Waals surface area contributed by atoms with Gasteiger partial charge in [-0.15, -0.1) is 0 Å². The Morgan fingerprint density at radius 3 is 1.85 bits per heavy atom. The van der Waals surface area contributed by atoms with Crippen molar-refractivity contribution in [3.05, 3.63) is 35.9 Å². The van der Waals surface area contributed by atoms with Crippen molar-refractivity contribution in [2.24, 2.45) is 0 Å². The van der Waals surface area contributed by atoms with E-state index < -0.39 is 6.09 Å². The largest absolute Gasteiger partial charge is 0.445 e. The highest BCUT2D eigenvalue weighted by atomic mass is 16.6. The van der Waals surface area contributed by atoms with E-state index in [1.807, 2.05) is 30.3 Å². The van der Waals surface area contributed by atoms with Crippen molar-refractivity contribution >= 4 is 6.09 Å². The second-order valence-corrected chi connectivity index (χ2v) is 5.43. The molecular formula is C19H31NO7. The summed E-state index contributed by atoms with van der Waals surface area (Å²) in [6, 6.07) is 9.52. The van der Waals surface area contributed by atoms with Gasteiger partial charge < -0.3 is 33.7 Å². The third kappa shape index (κ3) is 15.1. The van der Waals surface area contributed by atoms with Gasteiger partial charge in [0.25, 0.3) is 0 Å². The number of hydrogen-bond donors (Lipinski definition) is 1. The van der Waals surface area contributed by atoms with Gasteiger partial charge in [0.1, 0.15) is 6.61 Å². The highest BCUT2D eigenvalue weighted by Gasteiger charge is 2.01. The Kier molecular flexibility index (Phi) is 15.3. The van der Waals surface area contributed by atoms with Crippen LogP contribution in [0.2, 0.25) is 0 Å². The fraction of sp³-hybridized carbons (Fsp3) is 0.632. The van der Waals surface area contributed by atoms with E-state index in [0.717, 1.165) is 5.56 Å². The van der Waals surface area contributed by atoms with E-state index in [9.17, 15) is 4.79 Å². The number of amides is 1. The molecule has 27 heavy (non-hydrogen) atoms. The van der Waals surface area contributed by atoms with Crippen LogP contribution in [0.3, 0.4) is 0 Å². The Labute approximate surface area is 161 Å². The predicted octanol–water partition coefficient (Wildman–Crippen LogP) is 1.63. The minimum absolute atomic E-state index is 0.253. The maximum absolute atomic E-state index is 11.5. The van der Waals surface area contributed by atoms with Gasteiger partial charge in [0.15, 0.2) is 0 Å². The molecule has 1 rings (SSSR count). The van der Waals surface area contributed by atoms with E-state index in [4.69, 9.17) is 28.4 Å². The van der Waals surface area contributed by atoms with Crippen LogP contribution in [-0.2, 0) is 35.0 Å². The Morgan fingerprint density at radius 1 is 0.778 bits per heavy atom. The number of carbonyl (C=O) groups is 1. The van der Waals surface area contributed by atoms with Crippen LogP contribution < -0.4 is 5.32 Å². The second kappa shape index (κ2) is 17.7. The molecule has 0 aliphatic carbocycles. The molecule has 0 fully saturated rings. The summed E-state index contributed by atoms with van der Waals surface area (Å²) in [5, 5.41) is 2.63. The number of nitrogens with one attached hydrogen (secondary N) is 1. The van der Waals surface area contributed by atoms with Gasteiger partial charge in [0.05, 0.1) is 59.5 Å². The first-order valence-corrected chi connectivity index (χ1v) is 9.07. The number of rotatable bonds is 17. The summed E-state index contributed by atoms with van der Waals surface area (Å²) in [6.45, 7) is 5.26. The third-order valence-corrected chi connectivity index (χ3v) is 3.28. The first kappa shape index (κ1) is 23.3. The average molecular weight is 385 g/mol. The van der Waals surface area contributed by atoms with Crippen LogP contribution in [0, 0.1) is 0 Å². The zero-order chi connectivity index (χ0) is 19.4. The van der Waals surface area contributed by atoms with Crippen LogP contribution in [0.5, 0.6) is 0 Å². The molecule has 1 amide bonds. The highest BCUT2D eigenvalue weighted by molar-refractivity contribution is 5.67. The number of benzene rings is 1. The lowest BCUT2D eigenvalue weighted by Gasteiger charge is -2.08. The summed E-state index contributed by atoms with van der Waals surface area (Å²) in [5.74, 6) is 0. The number of carbonyl (C=O) groups excluding carboxylic acids is 1. The Bertz CT molecular complexity index is 459. The molecule has 0 saturated carbocycles. The summed E-state index contributed by atoms with van der Waals surface area (Å²) in [4.78, 5) is 11.5. The molecule has 0 heterocycles. The van der Waals surface area contributed by atoms with E-state index in [2.05, 4.69) is 5.32 Å². The fourth-order valence-corrected chi connectivity index (χ4v) is 1.90. The molecule has 0 unspecified atom stereocenters. The van der Waals surface area contributed by atoms with Gasteiger partial charge in [0, 0.05) is 13.7 Å². The van der Waals surface area contributed by atoms with Gasteiger partial charge >= 0.3 is 6.09 Å². The minimum atomic E-state index is -0.456. The van der Waals surface area contributed by atoms with Crippen molar-refractivity contribution in [2.45, 2.75) is 6.61 Å². The summed E-state index contributed by atoms with van der Waals surface area (Å²) in [7, 11) is 1.64. The highest BCUT2D eigenvalue weighted by Crippen LogP contribution is 2.00. The molecule has 0 radical (unpaired) electrons. The van der Waals surface area contributed by atoms with Gasteiger partial charge in [-0.05, 0) is 5.56 Å². The molecule has 0 saturated heterocycles. The molecule has 0 spiro atoms. The monoisotopic (exact) mass is 385 g/mol. The molecule has 154 valence electrons. The first-order chi connectivity index (χ1) is 13.3. The van der Waals surface area contributed by atoms with Crippen molar-refractivity contribution in [2.75, 3.05) is 73.1 Å². The van der Waals surface area contributed by atoms with Crippen molar-refractivity contribution in [3.63, 3.8) is 0 Å². The number of hydrogen-bond acceptors (Lipinski definition) is 7. The number of methoxy groups -OCH3 is 1. The van der Waals surface area contributed by atoms with E-state index in [-0.39, 0.29) is 6.61 Å². The summed E-state index contributed by atoms with van der Waals surface area (Å²) in [5.41, 5.74) is 0.948. The SMILES string of the molecule is COCCOCCOCCOCCOCCNC(=O)OCc1ccccc1. The van der Waals surface area contributed by atoms with E-state index >= 15 is 0 Å². The van der Waals surface area contributed by atoms with Crippen molar-refractivity contribution in [3.8, 4) is 0 Å². The van der Waals surface area contributed by atoms with Gasteiger partial charge in [-0.25, -0.2) is 4.79 Å². The maximum atomic E-state index is 11.5. The van der Waals surface area contributed by atoms with Crippen LogP contribution in [-0.4, -0.2) is 79.2 Å². The lowest BCUT2D eigenvalue weighted by atomic mass is 10.2. The predicted molar refractivity (Wildman–Crippen MR) is 99.8 cm³/mol. The summed E-state index contributed by atoms with van der Waals surface area (Å²) in [6.07, 6.45) is -0.456. The third-order valence-electron chi connectivity index (χ3n) is 3.28. The molecule has 1 N–H and O–H groups in total. The van der Waals surface area contributed by atoms with E-state index in [1.54, 1.807) is 7.11 Å². The van der Waals surface area contributed by atoms with E-state index in [1.165, 1.54) is 0 Å². The van der Waals surface area contributed by atoms with Gasteiger partial charge in [-0.2, -0.15) is 0 Å². The molecule has 1 aromatic carbocycles. The summed E-state index contributed by atoms with van der Waals surface area (Å²) < 4.78 is 31.3. The maximum Gasteiger partial charge on any atom is 0.407 e. The molecule has 0 atom stereocenters. The van der Waals surface area contributed by atoms with Crippen LogP contribution in [0.15, 0.2) is 30.3 Å². The van der Waals surface area contributed by atoms with Crippen molar-refractivity contribution < 1.29 is 33.2 Å². The molecule has 8 heteroatoms. The quantitative estimate of drug-likeness (QED) is 0.408.